The number of aryl methyl sites for hydroxylation is 1. The van der Waals surface area contributed by atoms with E-state index in [-0.39, 0.29) is 29.7 Å². The summed E-state index contributed by atoms with van der Waals surface area (Å²) in [4.78, 5) is 28.8. The minimum atomic E-state index is -3.55. The molecule has 0 aliphatic carbocycles. The molecule has 8 nitrogen and oxygen atoms in total. The Hall–Kier alpha value is -3.69. The molecule has 2 amide bonds. The maximum atomic E-state index is 13.7. The summed E-state index contributed by atoms with van der Waals surface area (Å²) in [5.74, 6) is 0.337. The molecule has 0 spiro atoms. The van der Waals surface area contributed by atoms with Crippen LogP contribution in [-0.4, -0.2) is 51.4 Å². The number of nitrogens with one attached hydrogen (secondary N) is 2. The molecule has 1 unspecified atom stereocenters. The van der Waals surface area contributed by atoms with Gasteiger partial charge in [0.05, 0.1) is 12.0 Å². The van der Waals surface area contributed by atoms with Gasteiger partial charge in [-0.2, -0.15) is 0 Å². The normalized spacial score (nSPS) is 12.0. The van der Waals surface area contributed by atoms with Crippen LogP contribution in [0.4, 0.5) is 0 Å². The molecule has 0 radical (unpaired) electrons. The monoisotopic (exact) mass is 551 g/mol. The van der Waals surface area contributed by atoms with Crippen LogP contribution in [0.3, 0.4) is 0 Å². The predicted octanol–water partition coefficient (Wildman–Crippen LogP) is 3.70. The number of amides is 2. The van der Waals surface area contributed by atoms with Crippen molar-refractivity contribution in [3.63, 3.8) is 0 Å². The summed E-state index contributed by atoms with van der Waals surface area (Å²) in [6.45, 7) is 4.60. The molecule has 208 valence electrons. The number of sulfonamides is 1. The molecule has 1 atom stereocenters. The summed E-state index contributed by atoms with van der Waals surface area (Å²) in [6.07, 6.45) is 0.957. The standard InChI is InChI=1S/C30H37N3O5S/c1-4-31-30(35)28(21-24-9-7-6-8-10-24)33(22-25-11-16-26(38-3)17-12-25)29(34)20-15-23-13-18-27(19-14-23)39(36,37)32-5-2/h6-14,16-19,28,32H,4-5,15,20-22H2,1-3H3,(H,31,35). The Morgan fingerprint density at radius 2 is 1.49 bits per heavy atom. The Labute approximate surface area is 231 Å². The number of benzene rings is 3. The second kappa shape index (κ2) is 14.5. The Balaban J connectivity index is 1.85. The number of ether oxygens (including phenoxy) is 1. The highest BCUT2D eigenvalue weighted by Gasteiger charge is 2.30. The molecule has 0 fully saturated rings. The van der Waals surface area contributed by atoms with Gasteiger partial charge in [0.25, 0.3) is 0 Å². The molecule has 3 aromatic rings. The van der Waals surface area contributed by atoms with E-state index in [0.29, 0.717) is 31.7 Å². The second-order valence-corrected chi connectivity index (χ2v) is 10.9. The Morgan fingerprint density at radius 3 is 2.08 bits per heavy atom. The summed E-state index contributed by atoms with van der Waals surface area (Å²) >= 11 is 0. The van der Waals surface area contributed by atoms with E-state index in [9.17, 15) is 18.0 Å². The summed E-state index contributed by atoms with van der Waals surface area (Å²) in [5.41, 5.74) is 2.67. The van der Waals surface area contributed by atoms with Crippen LogP contribution in [0, 0.1) is 0 Å². The van der Waals surface area contributed by atoms with Crippen LogP contribution in [0.2, 0.25) is 0 Å². The molecule has 0 aromatic heterocycles. The van der Waals surface area contributed by atoms with Gasteiger partial charge in [0, 0.05) is 32.5 Å². The van der Waals surface area contributed by atoms with Crippen molar-refractivity contribution in [1.29, 1.82) is 0 Å². The molecule has 0 aliphatic heterocycles. The van der Waals surface area contributed by atoms with Crippen LogP contribution >= 0.6 is 0 Å². The highest BCUT2D eigenvalue weighted by Crippen LogP contribution is 2.19. The molecule has 39 heavy (non-hydrogen) atoms. The van der Waals surface area contributed by atoms with E-state index >= 15 is 0 Å². The number of carbonyl (C=O) groups excluding carboxylic acids is 2. The van der Waals surface area contributed by atoms with E-state index in [2.05, 4.69) is 10.0 Å². The average molecular weight is 552 g/mol. The van der Waals surface area contributed by atoms with Gasteiger partial charge in [0.2, 0.25) is 21.8 Å². The molecule has 3 rings (SSSR count). The molecule has 0 heterocycles. The smallest absolute Gasteiger partial charge is 0.243 e. The van der Waals surface area contributed by atoms with Crippen LogP contribution in [0.1, 0.15) is 37.0 Å². The largest absolute Gasteiger partial charge is 0.497 e. The fraction of sp³-hybridized carbons (Fsp3) is 0.333. The molecule has 0 saturated heterocycles. The van der Waals surface area contributed by atoms with Gasteiger partial charge in [-0.15, -0.1) is 0 Å². The van der Waals surface area contributed by atoms with Crippen molar-refractivity contribution in [2.75, 3.05) is 20.2 Å². The Morgan fingerprint density at radius 1 is 0.846 bits per heavy atom. The number of methoxy groups -OCH3 is 1. The highest BCUT2D eigenvalue weighted by atomic mass is 32.2. The first-order chi connectivity index (χ1) is 18.8. The van der Waals surface area contributed by atoms with Gasteiger partial charge in [0.1, 0.15) is 11.8 Å². The van der Waals surface area contributed by atoms with Crippen LogP contribution in [0.15, 0.2) is 83.8 Å². The van der Waals surface area contributed by atoms with Crippen LogP contribution in [0.5, 0.6) is 5.75 Å². The fourth-order valence-corrected chi connectivity index (χ4v) is 5.32. The van der Waals surface area contributed by atoms with Crippen molar-refractivity contribution >= 4 is 21.8 Å². The van der Waals surface area contributed by atoms with Crippen molar-refractivity contribution in [3.8, 4) is 5.75 Å². The number of rotatable bonds is 14. The summed E-state index contributed by atoms with van der Waals surface area (Å²) in [7, 11) is -1.95. The van der Waals surface area contributed by atoms with Crippen molar-refractivity contribution in [1.82, 2.24) is 14.9 Å². The van der Waals surface area contributed by atoms with Crippen molar-refractivity contribution < 1.29 is 22.7 Å². The fourth-order valence-electron chi connectivity index (χ4n) is 4.28. The van der Waals surface area contributed by atoms with E-state index in [4.69, 9.17) is 4.74 Å². The summed E-state index contributed by atoms with van der Waals surface area (Å²) in [6, 6.07) is 22.9. The lowest BCUT2D eigenvalue weighted by molar-refractivity contribution is -0.141. The first-order valence-electron chi connectivity index (χ1n) is 13.1. The van der Waals surface area contributed by atoms with Gasteiger partial charge < -0.3 is 15.0 Å². The first kappa shape index (κ1) is 29.9. The Bertz CT molecular complexity index is 1310. The third-order valence-electron chi connectivity index (χ3n) is 6.33. The third kappa shape index (κ3) is 8.66. The average Bonchev–Trinajstić information content (AvgIpc) is 2.95. The van der Waals surface area contributed by atoms with Crippen LogP contribution in [0.25, 0.3) is 0 Å². The number of hydrogen-bond acceptors (Lipinski definition) is 5. The molecular formula is C30H37N3O5S. The van der Waals surface area contributed by atoms with Crippen molar-refractivity contribution in [2.24, 2.45) is 0 Å². The SMILES string of the molecule is CCNC(=O)C(Cc1ccccc1)N(Cc1ccc(OC)cc1)C(=O)CCc1ccc(S(=O)(=O)NCC)cc1. The molecule has 0 aliphatic rings. The highest BCUT2D eigenvalue weighted by molar-refractivity contribution is 7.89. The molecule has 9 heteroatoms. The molecule has 0 bridgehead atoms. The van der Waals surface area contributed by atoms with E-state index in [1.807, 2.05) is 61.5 Å². The number of nitrogens with zero attached hydrogens (tertiary/aromatic N) is 1. The zero-order valence-electron chi connectivity index (χ0n) is 22.7. The molecule has 0 saturated carbocycles. The van der Waals surface area contributed by atoms with Gasteiger partial charge in [-0.1, -0.05) is 61.5 Å². The van der Waals surface area contributed by atoms with E-state index < -0.39 is 16.1 Å². The lowest BCUT2D eigenvalue weighted by atomic mass is 10.0. The molecule has 2 N–H and O–H groups in total. The predicted molar refractivity (Wildman–Crippen MR) is 152 cm³/mol. The minimum absolute atomic E-state index is 0.164. The van der Waals surface area contributed by atoms with Gasteiger partial charge >= 0.3 is 0 Å². The van der Waals surface area contributed by atoms with E-state index in [1.165, 1.54) is 0 Å². The Kier molecular flexibility index (Phi) is 11.1. The van der Waals surface area contributed by atoms with Crippen LogP contribution in [-0.2, 0) is 39.0 Å². The molecular weight excluding hydrogens is 514 g/mol. The van der Waals surface area contributed by atoms with Gasteiger partial charge in [0.15, 0.2) is 0 Å². The number of likely N-dealkylation sites (N-methyl/N-ethyl adjacent to an activating group) is 1. The van der Waals surface area contributed by atoms with E-state index in [1.54, 1.807) is 43.2 Å². The van der Waals surface area contributed by atoms with Crippen molar-refractivity contribution in [2.45, 2.75) is 50.6 Å². The molecule has 3 aromatic carbocycles. The quantitative estimate of drug-likeness (QED) is 0.318. The number of carbonyl (C=O) groups is 2. The van der Waals surface area contributed by atoms with Gasteiger partial charge in [-0.3, -0.25) is 9.59 Å². The topological polar surface area (TPSA) is 105 Å². The number of hydrogen-bond donors (Lipinski definition) is 2. The van der Waals surface area contributed by atoms with Gasteiger partial charge in [-0.05, 0) is 54.3 Å². The lowest BCUT2D eigenvalue weighted by Crippen LogP contribution is -2.50. The second-order valence-electron chi connectivity index (χ2n) is 9.12. The summed E-state index contributed by atoms with van der Waals surface area (Å²) < 4.78 is 32.2. The third-order valence-corrected chi connectivity index (χ3v) is 7.89. The lowest BCUT2D eigenvalue weighted by Gasteiger charge is -2.31. The zero-order chi connectivity index (χ0) is 28.3. The van der Waals surface area contributed by atoms with Crippen molar-refractivity contribution in [3.05, 3.63) is 95.6 Å². The first-order valence-corrected chi connectivity index (χ1v) is 14.6. The van der Waals surface area contributed by atoms with Gasteiger partial charge in [-0.25, -0.2) is 13.1 Å². The minimum Gasteiger partial charge on any atom is -0.497 e. The maximum Gasteiger partial charge on any atom is 0.243 e. The maximum absolute atomic E-state index is 13.7. The zero-order valence-corrected chi connectivity index (χ0v) is 23.5. The van der Waals surface area contributed by atoms with E-state index in [0.717, 1.165) is 16.7 Å². The van der Waals surface area contributed by atoms with Crippen LogP contribution < -0.4 is 14.8 Å². The summed E-state index contributed by atoms with van der Waals surface area (Å²) in [5, 5.41) is 2.89.